The van der Waals surface area contributed by atoms with E-state index in [1.807, 2.05) is 63.4 Å². The maximum absolute atomic E-state index is 13.7. The minimum atomic E-state index is -0.413. The first-order valence-electron chi connectivity index (χ1n) is 9.67. The molecule has 1 N–H and O–H groups in total. The van der Waals surface area contributed by atoms with E-state index in [0.717, 1.165) is 22.6 Å². The van der Waals surface area contributed by atoms with Gasteiger partial charge in [-0.1, -0.05) is 59.6 Å². The lowest BCUT2D eigenvalue weighted by Crippen LogP contribution is -2.37. The van der Waals surface area contributed by atoms with Gasteiger partial charge in [-0.15, -0.1) is 0 Å². The molecule has 30 heavy (non-hydrogen) atoms. The van der Waals surface area contributed by atoms with Gasteiger partial charge >= 0.3 is 0 Å². The first-order chi connectivity index (χ1) is 14.4. The number of hydrogen-bond donors (Lipinski definition) is 1. The van der Waals surface area contributed by atoms with Crippen LogP contribution in [0.25, 0.3) is 0 Å². The van der Waals surface area contributed by atoms with E-state index < -0.39 is 6.04 Å². The molecule has 2 unspecified atom stereocenters. The number of amides is 1. The number of anilines is 1. The van der Waals surface area contributed by atoms with Gasteiger partial charge in [0.2, 0.25) is 0 Å². The molecule has 154 valence electrons. The minimum absolute atomic E-state index is 0.0754. The van der Waals surface area contributed by atoms with Gasteiger partial charge in [-0.3, -0.25) is 4.79 Å². The van der Waals surface area contributed by atoms with Gasteiger partial charge in [0.25, 0.3) is 5.91 Å². The molecule has 0 saturated carbocycles. The van der Waals surface area contributed by atoms with Crippen LogP contribution in [0.3, 0.4) is 0 Å². The molecule has 4 rings (SSSR count). The van der Waals surface area contributed by atoms with Crippen LogP contribution in [0.2, 0.25) is 10.0 Å². The van der Waals surface area contributed by atoms with Crippen molar-refractivity contribution in [3.05, 3.63) is 93.2 Å². The predicted molar refractivity (Wildman–Crippen MR) is 121 cm³/mol. The van der Waals surface area contributed by atoms with Crippen molar-refractivity contribution in [3.8, 4) is 0 Å². The molecular formula is C23H22Cl2N4O. The number of fused-ring (bicyclic) bond motifs is 1. The van der Waals surface area contributed by atoms with Crippen LogP contribution in [0.1, 0.15) is 37.1 Å². The summed E-state index contributed by atoms with van der Waals surface area (Å²) in [4.78, 5) is 15.5. The third kappa shape index (κ3) is 3.59. The average molecular weight is 441 g/mol. The lowest BCUT2D eigenvalue weighted by Gasteiger charge is -2.34. The lowest BCUT2D eigenvalue weighted by atomic mass is 9.93. The predicted octanol–water partition coefficient (Wildman–Crippen LogP) is 5.70. The lowest BCUT2D eigenvalue weighted by molar-refractivity contribution is -0.128. The first-order valence-corrected chi connectivity index (χ1v) is 10.4. The minimum Gasteiger partial charge on any atom is -0.344 e. The molecular weight excluding hydrogens is 419 g/mol. The fourth-order valence-electron chi connectivity index (χ4n) is 3.79. The van der Waals surface area contributed by atoms with Crippen molar-refractivity contribution in [2.24, 2.45) is 0 Å². The van der Waals surface area contributed by atoms with Crippen LogP contribution in [-0.4, -0.2) is 27.6 Å². The standard InChI is InChI=1S/C23H22Cl2N4O/c1-14-21(23(30)28(3)15(2)16-7-5-4-6-8-16)22(29-20(27-14)11-12-26-29)17-9-10-18(24)19(25)13-17/h4-13,15,22,27H,1-3H3. The highest BCUT2D eigenvalue weighted by molar-refractivity contribution is 6.42. The van der Waals surface area contributed by atoms with E-state index in [2.05, 4.69) is 10.4 Å². The first kappa shape index (κ1) is 20.5. The third-order valence-electron chi connectivity index (χ3n) is 5.58. The van der Waals surface area contributed by atoms with Crippen LogP contribution in [0, 0.1) is 0 Å². The molecule has 0 saturated heterocycles. The van der Waals surface area contributed by atoms with Crippen molar-refractivity contribution in [3.63, 3.8) is 0 Å². The molecule has 1 amide bonds. The molecule has 2 atom stereocenters. The van der Waals surface area contributed by atoms with Gasteiger partial charge in [0.1, 0.15) is 11.9 Å². The van der Waals surface area contributed by atoms with Gasteiger partial charge in [0.05, 0.1) is 27.9 Å². The number of carbonyl (C=O) groups excluding carboxylic acids is 1. The highest BCUT2D eigenvalue weighted by Crippen LogP contribution is 2.39. The topological polar surface area (TPSA) is 50.2 Å². The second-order valence-corrected chi connectivity index (χ2v) is 8.22. The Morgan fingerprint density at radius 1 is 1.13 bits per heavy atom. The number of aromatic nitrogens is 2. The number of halogens is 2. The van der Waals surface area contributed by atoms with Crippen LogP contribution >= 0.6 is 23.2 Å². The van der Waals surface area contributed by atoms with Gasteiger partial charge < -0.3 is 10.2 Å². The molecule has 2 heterocycles. The number of carbonyl (C=O) groups is 1. The Hall–Kier alpha value is -2.76. The molecule has 2 aromatic carbocycles. The second kappa shape index (κ2) is 8.17. The molecule has 0 radical (unpaired) electrons. The van der Waals surface area contributed by atoms with Gasteiger partial charge in [-0.2, -0.15) is 5.10 Å². The van der Waals surface area contributed by atoms with Gasteiger partial charge in [0, 0.05) is 18.8 Å². The molecule has 0 spiro atoms. The summed E-state index contributed by atoms with van der Waals surface area (Å²) in [5.74, 6) is 0.743. The highest BCUT2D eigenvalue weighted by Gasteiger charge is 2.35. The van der Waals surface area contributed by atoms with Crippen molar-refractivity contribution in [2.75, 3.05) is 12.4 Å². The maximum Gasteiger partial charge on any atom is 0.254 e. The van der Waals surface area contributed by atoms with Crippen molar-refractivity contribution < 1.29 is 4.79 Å². The van der Waals surface area contributed by atoms with Crippen molar-refractivity contribution in [1.29, 1.82) is 0 Å². The SMILES string of the molecule is CC1=C(C(=O)N(C)C(C)c2ccccc2)C(c2ccc(Cl)c(Cl)c2)n2nccc2N1. The Bertz CT molecular complexity index is 1120. The summed E-state index contributed by atoms with van der Waals surface area (Å²) in [7, 11) is 1.82. The smallest absolute Gasteiger partial charge is 0.254 e. The summed E-state index contributed by atoms with van der Waals surface area (Å²) in [6.07, 6.45) is 1.71. The normalized spacial score (nSPS) is 16.6. The Morgan fingerprint density at radius 2 is 1.87 bits per heavy atom. The zero-order chi connectivity index (χ0) is 21.4. The summed E-state index contributed by atoms with van der Waals surface area (Å²) in [5, 5.41) is 8.69. The Kier molecular flexibility index (Phi) is 5.58. The zero-order valence-corrected chi connectivity index (χ0v) is 18.4. The quantitative estimate of drug-likeness (QED) is 0.565. The summed E-state index contributed by atoms with van der Waals surface area (Å²) < 4.78 is 1.81. The monoisotopic (exact) mass is 440 g/mol. The number of likely N-dealkylation sites (N-methyl/N-ethyl adjacent to an activating group) is 1. The maximum atomic E-state index is 13.7. The van der Waals surface area contributed by atoms with E-state index in [4.69, 9.17) is 23.2 Å². The molecule has 1 aromatic heterocycles. The summed E-state index contributed by atoms with van der Waals surface area (Å²) in [6.45, 7) is 3.93. The molecule has 0 aliphatic carbocycles. The van der Waals surface area contributed by atoms with Crippen LogP contribution in [0.4, 0.5) is 5.82 Å². The van der Waals surface area contributed by atoms with Crippen molar-refractivity contribution >= 4 is 34.9 Å². The molecule has 0 bridgehead atoms. The van der Waals surface area contributed by atoms with Crippen LogP contribution < -0.4 is 5.32 Å². The Balaban J connectivity index is 1.77. The van der Waals surface area contributed by atoms with Crippen molar-refractivity contribution in [1.82, 2.24) is 14.7 Å². The highest BCUT2D eigenvalue weighted by atomic mass is 35.5. The van der Waals surface area contributed by atoms with E-state index in [1.165, 1.54) is 0 Å². The van der Waals surface area contributed by atoms with Crippen molar-refractivity contribution in [2.45, 2.75) is 25.9 Å². The number of allylic oxidation sites excluding steroid dienone is 1. The van der Waals surface area contributed by atoms with E-state index in [9.17, 15) is 4.79 Å². The molecule has 7 heteroatoms. The average Bonchev–Trinajstić information content (AvgIpc) is 3.21. The summed E-state index contributed by atoms with van der Waals surface area (Å²) >= 11 is 12.4. The molecule has 0 fully saturated rings. The van der Waals surface area contributed by atoms with Gasteiger partial charge in [-0.05, 0) is 37.1 Å². The van der Waals surface area contributed by atoms with Crippen LogP contribution in [0.15, 0.2) is 72.1 Å². The summed E-state index contributed by atoms with van der Waals surface area (Å²) in [5.41, 5.74) is 3.33. The number of nitrogens with zero attached hydrogens (tertiary/aromatic N) is 3. The fourth-order valence-corrected chi connectivity index (χ4v) is 4.10. The van der Waals surface area contributed by atoms with E-state index in [-0.39, 0.29) is 11.9 Å². The number of hydrogen-bond acceptors (Lipinski definition) is 3. The Morgan fingerprint density at radius 3 is 2.57 bits per heavy atom. The zero-order valence-electron chi connectivity index (χ0n) is 16.9. The molecule has 1 aliphatic heterocycles. The number of rotatable bonds is 4. The molecule has 3 aromatic rings. The fraction of sp³-hybridized carbons (Fsp3) is 0.217. The third-order valence-corrected chi connectivity index (χ3v) is 6.32. The molecule has 5 nitrogen and oxygen atoms in total. The number of nitrogens with one attached hydrogen (secondary N) is 1. The summed E-state index contributed by atoms with van der Waals surface area (Å²) in [6, 6.07) is 16.8. The largest absolute Gasteiger partial charge is 0.344 e. The van der Waals surface area contributed by atoms with Gasteiger partial charge in [-0.25, -0.2) is 4.68 Å². The second-order valence-electron chi connectivity index (χ2n) is 7.40. The molecule has 1 aliphatic rings. The van der Waals surface area contributed by atoms with E-state index in [0.29, 0.717) is 15.6 Å². The van der Waals surface area contributed by atoms with Crippen LogP contribution in [0.5, 0.6) is 0 Å². The van der Waals surface area contributed by atoms with E-state index in [1.54, 1.807) is 27.9 Å². The Labute approximate surface area is 185 Å². The van der Waals surface area contributed by atoms with E-state index >= 15 is 0 Å². The number of benzene rings is 2. The van der Waals surface area contributed by atoms with Gasteiger partial charge in [0.15, 0.2) is 0 Å². The van der Waals surface area contributed by atoms with Crippen LogP contribution in [-0.2, 0) is 4.79 Å².